The van der Waals surface area contributed by atoms with Crippen molar-refractivity contribution in [2.75, 3.05) is 0 Å². The van der Waals surface area contributed by atoms with Gasteiger partial charge in [0.15, 0.2) is 11.6 Å². The molecule has 0 aliphatic carbocycles. The van der Waals surface area contributed by atoms with E-state index in [0.29, 0.717) is 17.7 Å². The summed E-state index contributed by atoms with van der Waals surface area (Å²) in [5.74, 6) is 0.878. The van der Waals surface area contributed by atoms with Gasteiger partial charge < -0.3 is 4.74 Å². The molecule has 1 unspecified atom stereocenters. The van der Waals surface area contributed by atoms with E-state index in [1.54, 1.807) is 6.08 Å². The fourth-order valence-corrected chi connectivity index (χ4v) is 3.56. The number of para-hydroxylation sites is 1. The maximum atomic E-state index is 12.0. The maximum absolute atomic E-state index is 12.0. The molecule has 162 valence electrons. The summed E-state index contributed by atoms with van der Waals surface area (Å²) in [4.78, 5) is 23.7. The highest BCUT2D eigenvalue weighted by Gasteiger charge is 2.26. The minimum absolute atomic E-state index is 0.0319. The van der Waals surface area contributed by atoms with Gasteiger partial charge in [0, 0.05) is 5.56 Å². The van der Waals surface area contributed by atoms with Crippen molar-refractivity contribution in [1.82, 2.24) is 0 Å². The van der Waals surface area contributed by atoms with Crippen LogP contribution < -0.4 is 4.74 Å². The Kier molecular flexibility index (Phi) is 7.24. The molecule has 3 nitrogen and oxygen atoms in total. The van der Waals surface area contributed by atoms with Crippen molar-refractivity contribution in [2.45, 2.75) is 12.5 Å². The number of rotatable bonds is 4. The summed E-state index contributed by atoms with van der Waals surface area (Å²) >= 11 is 0. The molecule has 0 amide bonds. The lowest BCUT2D eigenvalue weighted by molar-refractivity contribution is 0.0850. The van der Waals surface area contributed by atoms with Gasteiger partial charge >= 0.3 is 0 Å². The summed E-state index contributed by atoms with van der Waals surface area (Å²) < 4.78 is 5.87. The van der Waals surface area contributed by atoms with E-state index in [0.717, 1.165) is 16.7 Å². The van der Waals surface area contributed by atoms with Crippen molar-refractivity contribution in [3.05, 3.63) is 144 Å². The van der Waals surface area contributed by atoms with E-state index in [9.17, 15) is 9.59 Å². The molecule has 0 spiro atoms. The molecule has 0 saturated carbocycles. The molecule has 1 aliphatic heterocycles. The van der Waals surface area contributed by atoms with Crippen LogP contribution in [0.3, 0.4) is 0 Å². The number of Topliss-reactive ketones (excluding diaryl/α,β-unsaturated/α-hetero) is 1. The number of carbonyl (C=O) groups excluding carboxylic acids is 2. The summed E-state index contributed by atoms with van der Waals surface area (Å²) in [6.07, 6.45) is 3.69. The summed E-state index contributed by atoms with van der Waals surface area (Å²) in [6, 6.07) is 36.3. The Hall–Kier alpha value is -4.24. The lowest BCUT2D eigenvalue weighted by Gasteiger charge is -2.25. The van der Waals surface area contributed by atoms with E-state index in [-0.39, 0.29) is 17.7 Å². The van der Waals surface area contributed by atoms with Crippen LogP contribution in [0.4, 0.5) is 0 Å². The molecular formula is C30H24O3. The molecule has 0 N–H and O–H groups in total. The molecule has 0 saturated heterocycles. The number of benzene rings is 4. The first-order chi connectivity index (χ1) is 16.2. The van der Waals surface area contributed by atoms with Crippen molar-refractivity contribution in [3.8, 4) is 5.75 Å². The van der Waals surface area contributed by atoms with E-state index >= 15 is 0 Å². The smallest absolute Gasteiger partial charge is 0.185 e. The van der Waals surface area contributed by atoms with Crippen molar-refractivity contribution in [1.29, 1.82) is 0 Å². The molecule has 1 heterocycles. The van der Waals surface area contributed by atoms with Gasteiger partial charge in [-0.1, -0.05) is 109 Å². The van der Waals surface area contributed by atoms with Gasteiger partial charge in [0.1, 0.15) is 11.9 Å². The summed E-state index contributed by atoms with van der Waals surface area (Å²) in [5, 5.41) is 0. The topological polar surface area (TPSA) is 43.4 Å². The molecule has 5 rings (SSSR count). The Morgan fingerprint density at radius 2 is 1.30 bits per heavy atom. The molecule has 3 heteroatoms. The fraction of sp³-hybridized carbons (Fsp3) is 0.0667. The Balaban J connectivity index is 0.000000157. The lowest BCUT2D eigenvalue weighted by Crippen LogP contribution is -2.20. The number of carbonyl (C=O) groups is 2. The molecule has 33 heavy (non-hydrogen) atoms. The largest absolute Gasteiger partial charge is 0.484 e. The van der Waals surface area contributed by atoms with Crippen LogP contribution in [0.15, 0.2) is 121 Å². The molecule has 4 aromatic rings. The van der Waals surface area contributed by atoms with Crippen molar-refractivity contribution in [2.24, 2.45) is 0 Å². The number of ketones is 2. The maximum Gasteiger partial charge on any atom is 0.185 e. The van der Waals surface area contributed by atoms with Gasteiger partial charge in [-0.2, -0.15) is 0 Å². The third kappa shape index (κ3) is 5.92. The first-order valence-corrected chi connectivity index (χ1v) is 10.9. The SMILES string of the molecule is O=C(C=Cc1ccccc1)c1ccccc1.O=C1CC(c2ccccc2)Oc2ccccc21. The lowest BCUT2D eigenvalue weighted by atomic mass is 9.96. The molecule has 1 aliphatic rings. The first-order valence-electron chi connectivity index (χ1n) is 10.9. The second-order valence-corrected chi connectivity index (χ2v) is 7.61. The minimum atomic E-state index is -0.154. The molecule has 4 aromatic carbocycles. The van der Waals surface area contributed by atoms with Gasteiger partial charge in [-0.25, -0.2) is 0 Å². The standard InChI is InChI=1S/C15H12O2.C15H12O/c16-13-10-15(11-6-2-1-3-7-11)17-14-9-5-4-8-12(13)14;16-15(14-9-5-2-6-10-14)12-11-13-7-3-1-4-8-13/h1-9,15H,10H2;1-12H. The number of fused-ring (bicyclic) bond motifs is 1. The Bertz CT molecular complexity index is 1230. The van der Waals surface area contributed by atoms with Gasteiger partial charge in [0.2, 0.25) is 0 Å². The monoisotopic (exact) mass is 432 g/mol. The van der Waals surface area contributed by atoms with Crippen LogP contribution in [0.2, 0.25) is 0 Å². The summed E-state index contributed by atoms with van der Waals surface area (Å²) in [5.41, 5.74) is 3.50. The van der Waals surface area contributed by atoms with Gasteiger partial charge in [0.25, 0.3) is 0 Å². The highest BCUT2D eigenvalue weighted by atomic mass is 16.5. The van der Waals surface area contributed by atoms with Crippen molar-refractivity contribution in [3.63, 3.8) is 0 Å². The Labute approximate surface area is 194 Å². The van der Waals surface area contributed by atoms with Gasteiger partial charge in [-0.15, -0.1) is 0 Å². The Morgan fingerprint density at radius 3 is 2.00 bits per heavy atom. The molecule has 1 atom stereocenters. The third-order valence-electron chi connectivity index (χ3n) is 5.28. The fourth-order valence-electron chi connectivity index (χ4n) is 3.56. The normalized spacial score (nSPS) is 14.5. The van der Waals surface area contributed by atoms with Crippen LogP contribution in [0.5, 0.6) is 5.75 Å². The van der Waals surface area contributed by atoms with Gasteiger partial charge in [0.05, 0.1) is 12.0 Å². The van der Waals surface area contributed by atoms with Crippen LogP contribution in [0.25, 0.3) is 6.08 Å². The van der Waals surface area contributed by atoms with E-state index < -0.39 is 0 Å². The second-order valence-electron chi connectivity index (χ2n) is 7.61. The number of ether oxygens (including phenoxy) is 1. The van der Waals surface area contributed by atoms with Crippen molar-refractivity contribution < 1.29 is 14.3 Å². The second kappa shape index (κ2) is 10.9. The van der Waals surface area contributed by atoms with Crippen LogP contribution in [-0.4, -0.2) is 11.6 Å². The van der Waals surface area contributed by atoms with Crippen molar-refractivity contribution >= 4 is 17.6 Å². The van der Waals surface area contributed by atoms with E-state index in [1.165, 1.54) is 0 Å². The molecule has 0 fully saturated rings. The molecule has 0 bridgehead atoms. The average molecular weight is 433 g/mol. The van der Waals surface area contributed by atoms with Crippen LogP contribution in [0.1, 0.15) is 44.4 Å². The minimum Gasteiger partial charge on any atom is -0.484 e. The Morgan fingerprint density at radius 1 is 0.727 bits per heavy atom. The van der Waals surface area contributed by atoms with Crippen LogP contribution >= 0.6 is 0 Å². The number of hydrogen-bond donors (Lipinski definition) is 0. The van der Waals surface area contributed by atoms with E-state index in [4.69, 9.17) is 4.74 Å². The molecule has 0 aromatic heterocycles. The van der Waals surface area contributed by atoms with Crippen LogP contribution in [0, 0.1) is 0 Å². The highest BCUT2D eigenvalue weighted by Crippen LogP contribution is 2.34. The zero-order valence-electron chi connectivity index (χ0n) is 18.1. The predicted octanol–water partition coefficient (Wildman–Crippen LogP) is 6.98. The van der Waals surface area contributed by atoms with Crippen LogP contribution in [-0.2, 0) is 0 Å². The predicted molar refractivity (Wildman–Crippen MR) is 131 cm³/mol. The summed E-state index contributed by atoms with van der Waals surface area (Å²) in [6.45, 7) is 0. The zero-order valence-corrected chi connectivity index (χ0v) is 18.1. The third-order valence-corrected chi connectivity index (χ3v) is 5.28. The van der Waals surface area contributed by atoms with E-state index in [1.807, 2.05) is 121 Å². The van der Waals surface area contributed by atoms with Gasteiger partial charge in [-0.05, 0) is 29.3 Å². The quantitative estimate of drug-likeness (QED) is 0.258. The van der Waals surface area contributed by atoms with E-state index in [2.05, 4.69) is 0 Å². The molecular weight excluding hydrogens is 408 g/mol. The summed E-state index contributed by atoms with van der Waals surface area (Å²) in [7, 11) is 0. The zero-order chi connectivity index (χ0) is 22.9. The highest BCUT2D eigenvalue weighted by molar-refractivity contribution is 6.06. The average Bonchev–Trinajstić information content (AvgIpc) is 2.89. The first kappa shape index (κ1) is 22.0. The number of allylic oxidation sites excluding steroid dienone is 1. The number of hydrogen-bond acceptors (Lipinski definition) is 3. The molecule has 0 radical (unpaired) electrons. The van der Waals surface area contributed by atoms with Gasteiger partial charge in [-0.3, -0.25) is 9.59 Å².